The van der Waals surface area contributed by atoms with Crippen LogP contribution in [0, 0.1) is 10.1 Å². The number of hydrogen-bond acceptors (Lipinski definition) is 7. The van der Waals surface area contributed by atoms with Crippen molar-refractivity contribution in [3.63, 3.8) is 0 Å². The third-order valence-electron chi connectivity index (χ3n) is 4.25. The molecule has 0 unspecified atom stereocenters. The first-order valence-corrected chi connectivity index (χ1v) is 10.6. The van der Waals surface area contributed by atoms with Gasteiger partial charge in [0.25, 0.3) is 5.69 Å². The molecule has 158 valence electrons. The largest absolute Gasteiger partial charge is 0.497 e. The molecule has 0 aliphatic rings. The Morgan fingerprint density at radius 1 is 1.07 bits per heavy atom. The summed E-state index contributed by atoms with van der Waals surface area (Å²) in [7, 11) is -2.20. The third-order valence-corrected chi connectivity index (χ3v) is 6.30. The Balaban J connectivity index is 2.07. The minimum atomic E-state index is -3.77. The van der Waals surface area contributed by atoms with Crippen LogP contribution in [0.1, 0.15) is 13.8 Å². The lowest BCUT2D eigenvalue weighted by molar-refractivity contribution is -0.384. The van der Waals surface area contributed by atoms with Crippen LogP contribution in [0.5, 0.6) is 11.5 Å². The van der Waals surface area contributed by atoms with Crippen LogP contribution in [-0.2, 0) is 10.0 Å². The van der Waals surface area contributed by atoms with E-state index in [4.69, 9.17) is 9.47 Å². The smallest absolute Gasteiger partial charge is 0.293 e. The molecule has 9 nitrogen and oxygen atoms in total. The third kappa shape index (κ3) is 5.58. The summed E-state index contributed by atoms with van der Waals surface area (Å²) in [6.07, 6.45) is 0. The van der Waals surface area contributed by atoms with E-state index in [1.165, 1.54) is 16.4 Å². The molecule has 0 aliphatic carbocycles. The summed E-state index contributed by atoms with van der Waals surface area (Å²) in [4.78, 5) is 10.7. The van der Waals surface area contributed by atoms with Crippen LogP contribution in [0.4, 0.5) is 11.4 Å². The van der Waals surface area contributed by atoms with Crippen LogP contribution in [-0.4, -0.2) is 51.0 Å². The van der Waals surface area contributed by atoms with E-state index < -0.39 is 14.9 Å². The van der Waals surface area contributed by atoms with Gasteiger partial charge in [0.1, 0.15) is 23.8 Å². The molecule has 2 aromatic carbocycles. The number of nitrogens with zero attached hydrogens (tertiary/aromatic N) is 2. The monoisotopic (exact) mass is 423 g/mol. The van der Waals surface area contributed by atoms with E-state index in [0.717, 1.165) is 6.07 Å². The highest BCUT2D eigenvalue weighted by Crippen LogP contribution is 2.29. The average molecular weight is 423 g/mol. The van der Waals surface area contributed by atoms with Crippen molar-refractivity contribution >= 4 is 21.4 Å². The van der Waals surface area contributed by atoms with Gasteiger partial charge in [-0.15, -0.1) is 0 Å². The van der Waals surface area contributed by atoms with Gasteiger partial charge >= 0.3 is 0 Å². The second-order valence-electron chi connectivity index (χ2n) is 5.98. The lowest BCUT2D eigenvalue weighted by Crippen LogP contribution is -2.30. The number of nitro groups is 1. The molecule has 0 saturated heterocycles. The molecule has 10 heteroatoms. The first-order valence-electron chi connectivity index (χ1n) is 9.12. The van der Waals surface area contributed by atoms with Crippen molar-refractivity contribution in [1.82, 2.24) is 4.31 Å². The summed E-state index contributed by atoms with van der Waals surface area (Å²) in [6, 6.07) is 10.9. The average Bonchev–Trinajstić information content (AvgIpc) is 2.72. The Kier molecular flexibility index (Phi) is 7.80. The van der Waals surface area contributed by atoms with Crippen molar-refractivity contribution in [3.05, 3.63) is 52.6 Å². The summed E-state index contributed by atoms with van der Waals surface area (Å²) in [5, 5.41) is 14.4. The lowest BCUT2D eigenvalue weighted by Gasteiger charge is -2.18. The molecule has 1 N–H and O–H groups in total. The maximum Gasteiger partial charge on any atom is 0.293 e. The zero-order chi connectivity index (χ0) is 21.4. The molecule has 0 aliphatic heterocycles. The van der Waals surface area contributed by atoms with E-state index in [1.54, 1.807) is 45.2 Å². The van der Waals surface area contributed by atoms with Gasteiger partial charge in [-0.1, -0.05) is 13.8 Å². The van der Waals surface area contributed by atoms with Crippen molar-refractivity contribution in [3.8, 4) is 11.5 Å². The van der Waals surface area contributed by atoms with Crippen LogP contribution in [0.3, 0.4) is 0 Å². The van der Waals surface area contributed by atoms with Gasteiger partial charge in [0.05, 0.1) is 16.9 Å². The fraction of sp³-hybridized carbons (Fsp3) is 0.368. The van der Waals surface area contributed by atoms with E-state index in [-0.39, 0.29) is 36.0 Å². The predicted octanol–water partition coefficient (Wildman–Crippen LogP) is 3.12. The molecule has 0 radical (unpaired) electrons. The number of ether oxygens (including phenoxy) is 2. The van der Waals surface area contributed by atoms with Crippen molar-refractivity contribution in [1.29, 1.82) is 0 Å². The highest BCUT2D eigenvalue weighted by molar-refractivity contribution is 7.89. The Labute approximate surface area is 170 Å². The summed E-state index contributed by atoms with van der Waals surface area (Å²) in [5.74, 6) is 1.36. The second-order valence-corrected chi connectivity index (χ2v) is 7.91. The molecule has 2 rings (SSSR count). The molecule has 0 fully saturated rings. The minimum absolute atomic E-state index is 0.104. The van der Waals surface area contributed by atoms with E-state index in [2.05, 4.69) is 5.32 Å². The molecular weight excluding hydrogens is 398 g/mol. The Bertz CT molecular complexity index is 927. The number of benzene rings is 2. The number of nitro benzene ring substituents is 1. The molecule has 0 bridgehead atoms. The normalized spacial score (nSPS) is 11.3. The topological polar surface area (TPSA) is 111 Å². The number of sulfonamides is 1. The molecule has 0 saturated carbocycles. The molecular formula is C19H25N3O6S. The number of anilines is 1. The highest BCUT2D eigenvalue weighted by Gasteiger charge is 2.25. The zero-order valence-corrected chi connectivity index (χ0v) is 17.4. The second kappa shape index (κ2) is 10.1. The van der Waals surface area contributed by atoms with E-state index in [0.29, 0.717) is 18.0 Å². The first-order chi connectivity index (χ1) is 13.8. The quantitative estimate of drug-likeness (QED) is 0.336. The summed E-state index contributed by atoms with van der Waals surface area (Å²) >= 11 is 0. The van der Waals surface area contributed by atoms with Gasteiger partial charge in [0.2, 0.25) is 10.0 Å². The molecule has 0 spiro atoms. The van der Waals surface area contributed by atoms with Crippen molar-refractivity contribution in [2.24, 2.45) is 0 Å². The molecule has 0 atom stereocenters. The molecule has 2 aromatic rings. The van der Waals surface area contributed by atoms with E-state index >= 15 is 0 Å². The minimum Gasteiger partial charge on any atom is -0.497 e. The summed E-state index contributed by atoms with van der Waals surface area (Å²) < 4.78 is 37.1. The number of nitrogens with one attached hydrogen (secondary N) is 1. The number of rotatable bonds is 11. The van der Waals surface area contributed by atoms with E-state index in [1.807, 2.05) is 0 Å². The number of hydrogen-bond donors (Lipinski definition) is 1. The van der Waals surface area contributed by atoms with Crippen molar-refractivity contribution in [2.75, 3.05) is 38.7 Å². The van der Waals surface area contributed by atoms with E-state index in [9.17, 15) is 18.5 Å². The predicted molar refractivity (Wildman–Crippen MR) is 110 cm³/mol. The van der Waals surface area contributed by atoms with Crippen LogP contribution >= 0.6 is 0 Å². The van der Waals surface area contributed by atoms with Crippen molar-refractivity contribution < 1.29 is 22.8 Å². The van der Waals surface area contributed by atoms with Gasteiger partial charge < -0.3 is 14.8 Å². The van der Waals surface area contributed by atoms with Gasteiger partial charge in [0.15, 0.2) is 0 Å². The highest BCUT2D eigenvalue weighted by atomic mass is 32.2. The summed E-state index contributed by atoms with van der Waals surface area (Å²) in [5.41, 5.74) is -0.0745. The SMILES string of the molecule is CCN(CC)S(=O)(=O)c1ccc(NCCOc2ccc(OC)cc2)c([N+](=O)[O-])c1. The van der Waals surface area contributed by atoms with Crippen molar-refractivity contribution in [2.45, 2.75) is 18.7 Å². The first kappa shape index (κ1) is 22.4. The van der Waals surface area contributed by atoms with Gasteiger partial charge in [-0.05, 0) is 36.4 Å². The van der Waals surface area contributed by atoms with Gasteiger partial charge in [-0.25, -0.2) is 8.42 Å². The zero-order valence-electron chi connectivity index (χ0n) is 16.6. The molecule has 29 heavy (non-hydrogen) atoms. The lowest BCUT2D eigenvalue weighted by atomic mass is 10.2. The molecule has 0 aromatic heterocycles. The fourth-order valence-corrected chi connectivity index (χ4v) is 4.19. The van der Waals surface area contributed by atoms with Crippen LogP contribution in [0.2, 0.25) is 0 Å². The van der Waals surface area contributed by atoms with Gasteiger partial charge in [-0.3, -0.25) is 10.1 Å². The Hall–Kier alpha value is -2.85. The van der Waals surface area contributed by atoms with Gasteiger partial charge in [0, 0.05) is 25.7 Å². The van der Waals surface area contributed by atoms with Crippen LogP contribution in [0.25, 0.3) is 0 Å². The maximum absolute atomic E-state index is 12.6. The standard InChI is InChI=1S/C19H25N3O6S/c1-4-21(5-2)29(25,26)17-10-11-18(19(14-17)22(23)24)20-12-13-28-16-8-6-15(27-3)7-9-16/h6-11,14,20H,4-5,12-13H2,1-3H3. The van der Waals surface area contributed by atoms with Crippen LogP contribution < -0.4 is 14.8 Å². The van der Waals surface area contributed by atoms with Crippen LogP contribution in [0.15, 0.2) is 47.4 Å². The maximum atomic E-state index is 12.6. The molecule has 0 amide bonds. The Morgan fingerprint density at radius 2 is 1.69 bits per heavy atom. The molecule has 0 heterocycles. The Morgan fingerprint density at radius 3 is 2.24 bits per heavy atom. The van der Waals surface area contributed by atoms with Gasteiger partial charge in [-0.2, -0.15) is 4.31 Å². The number of methoxy groups -OCH3 is 1. The summed E-state index contributed by atoms with van der Waals surface area (Å²) in [6.45, 7) is 4.57. The fourth-order valence-electron chi connectivity index (χ4n) is 2.71.